The van der Waals surface area contributed by atoms with Crippen LogP contribution in [0.5, 0.6) is 0 Å². The van der Waals surface area contributed by atoms with Crippen molar-refractivity contribution >= 4 is 0 Å². The first kappa shape index (κ1) is 18.6. The van der Waals surface area contributed by atoms with Crippen LogP contribution in [-0.2, 0) is 11.2 Å². The van der Waals surface area contributed by atoms with E-state index >= 15 is 0 Å². The third-order valence-corrected chi connectivity index (χ3v) is 5.58. The highest BCUT2D eigenvalue weighted by molar-refractivity contribution is 5.56. The van der Waals surface area contributed by atoms with Crippen LogP contribution in [0, 0.1) is 0 Å². The molecular formula is C21H29N3O3. The molecule has 0 bridgehead atoms. The van der Waals surface area contributed by atoms with Crippen LogP contribution < -0.4 is 10.6 Å². The van der Waals surface area contributed by atoms with E-state index in [1.807, 2.05) is 36.4 Å². The second-order valence-electron chi connectivity index (χ2n) is 7.63. The summed E-state index contributed by atoms with van der Waals surface area (Å²) in [4.78, 5) is 0. The lowest BCUT2D eigenvalue weighted by molar-refractivity contribution is -0.115. The van der Waals surface area contributed by atoms with Gasteiger partial charge in [0.25, 0.3) is 0 Å². The topological polar surface area (TPSA) is 79.6 Å². The Balaban J connectivity index is 1.31. The second-order valence-corrected chi connectivity index (χ2v) is 7.63. The predicted molar refractivity (Wildman–Crippen MR) is 103 cm³/mol. The first-order valence-corrected chi connectivity index (χ1v) is 10.1. The third-order valence-electron chi connectivity index (χ3n) is 5.58. The van der Waals surface area contributed by atoms with Crippen molar-refractivity contribution in [2.24, 2.45) is 0 Å². The summed E-state index contributed by atoms with van der Waals surface area (Å²) in [5, 5.41) is 21.5. The van der Waals surface area contributed by atoms with Crippen molar-refractivity contribution < 1.29 is 14.4 Å². The molecular weight excluding hydrogens is 342 g/mol. The number of hydrogen-bond acceptors (Lipinski definition) is 6. The normalized spacial score (nSPS) is 26.9. The van der Waals surface area contributed by atoms with Crippen LogP contribution in [0.15, 0.2) is 40.9 Å². The Morgan fingerprint density at radius 2 is 1.93 bits per heavy atom. The molecule has 0 spiro atoms. The van der Waals surface area contributed by atoms with Crippen LogP contribution in [0.25, 0.3) is 11.3 Å². The lowest BCUT2D eigenvalue weighted by atomic mass is 9.97. The van der Waals surface area contributed by atoms with Gasteiger partial charge in [0.2, 0.25) is 0 Å². The van der Waals surface area contributed by atoms with Crippen molar-refractivity contribution in [3.8, 4) is 11.3 Å². The fourth-order valence-corrected chi connectivity index (χ4v) is 3.97. The Hall–Kier alpha value is -1.73. The highest BCUT2D eigenvalue weighted by Gasteiger charge is 2.31. The molecule has 27 heavy (non-hydrogen) atoms. The van der Waals surface area contributed by atoms with Crippen molar-refractivity contribution in [1.82, 2.24) is 15.8 Å². The first-order chi connectivity index (χ1) is 13.3. The van der Waals surface area contributed by atoms with Gasteiger partial charge < -0.3 is 25.0 Å². The summed E-state index contributed by atoms with van der Waals surface area (Å²) in [5.74, 6) is 0.783. The summed E-state index contributed by atoms with van der Waals surface area (Å²) in [7, 11) is 0. The Morgan fingerprint density at radius 1 is 1.11 bits per heavy atom. The number of rotatable bonds is 6. The standard InChI is InChI=1S/C21H29N3O3/c25-19-7-6-18(26-21(19)14-23-16-8-10-22-11-9-16)12-17-13-20(27-24-17)15-4-2-1-3-5-15/h1-5,13,16,18-19,21-23,25H,6-12,14H2/t18-,19-,21+/m0/s1. The van der Waals surface area contributed by atoms with Gasteiger partial charge in [-0.1, -0.05) is 35.5 Å². The van der Waals surface area contributed by atoms with Gasteiger partial charge in [-0.25, -0.2) is 0 Å². The van der Waals surface area contributed by atoms with E-state index in [0.29, 0.717) is 19.0 Å². The molecule has 0 saturated carbocycles. The largest absolute Gasteiger partial charge is 0.390 e. The van der Waals surface area contributed by atoms with Crippen molar-refractivity contribution in [2.75, 3.05) is 19.6 Å². The molecule has 1 aromatic carbocycles. The fraction of sp³-hybridized carbons (Fsp3) is 0.571. The van der Waals surface area contributed by atoms with Crippen molar-refractivity contribution in [1.29, 1.82) is 0 Å². The molecule has 146 valence electrons. The lowest BCUT2D eigenvalue weighted by Crippen LogP contribution is -2.49. The first-order valence-electron chi connectivity index (χ1n) is 10.1. The summed E-state index contributed by atoms with van der Waals surface area (Å²) in [5.41, 5.74) is 1.93. The van der Waals surface area contributed by atoms with E-state index in [-0.39, 0.29) is 12.2 Å². The Bertz CT molecular complexity index is 700. The van der Waals surface area contributed by atoms with E-state index in [4.69, 9.17) is 9.26 Å². The molecule has 3 atom stereocenters. The number of piperidine rings is 1. The second kappa shape index (κ2) is 8.97. The monoisotopic (exact) mass is 371 g/mol. The van der Waals surface area contributed by atoms with Crippen LogP contribution in [0.4, 0.5) is 0 Å². The predicted octanol–water partition coefficient (Wildman–Crippen LogP) is 2.13. The third kappa shape index (κ3) is 4.96. The number of nitrogens with zero attached hydrogens (tertiary/aromatic N) is 1. The van der Waals surface area contributed by atoms with Gasteiger partial charge in [-0.3, -0.25) is 0 Å². The molecule has 2 aromatic rings. The van der Waals surface area contributed by atoms with Gasteiger partial charge >= 0.3 is 0 Å². The van der Waals surface area contributed by atoms with Crippen molar-refractivity contribution in [3.63, 3.8) is 0 Å². The van der Waals surface area contributed by atoms with E-state index in [1.54, 1.807) is 0 Å². The quantitative estimate of drug-likeness (QED) is 0.722. The fourth-order valence-electron chi connectivity index (χ4n) is 3.97. The highest BCUT2D eigenvalue weighted by atomic mass is 16.5. The Morgan fingerprint density at radius 3 is 2.74 bits per heavy atom. The van der Waals surface area contributed by atoms with Crippen LogP contribution in [-0.4, -0.2) is 54.3 Å². The van der Waals surface area contributed by atoms with Gasteiger partial charge in [-0.2, -0.15) is 0 Å². The van der Waals surface area contributed by atoms with Gasteiger partial charge in [0.05, 0.1) is 24.0 Å². The molecule has 2 fully saturated rings. The number of ether oxygens (including phenoxy) is 1. The highest BCUT2D eigenvalue weighted by Crippen LogP contribution is 2.25. The molecule has 0 unspecified atom stereocenters. The number of nitrogens with one attached hydrogen (secondary N) is 2. The SMILES string of the molecule is O[C@H]1CC[C@@H](Cc2cc(-c3ccccc3)on2)O[C@@H]1CNC1CCNCC1. The summed E-state index contributed by atoms with van der Waals surface area (Å²) in [6, 6.07) is 12.5. The average molecular weight is 371 g/mol. The van der Waals surface area contributed by atoms with Crippen LogP contribution in [0.1, 0.15) is 31.4 Å². The Labute approximate surface area is 160 Å². The number of benzene rings is 1. The lowest BCUT2D eigenvalue weighted by Gasteiger charge is -2.35. The van der Waals surface area contributed by atoms with E-state index in [0.717, 1.165) is 55.8 Å². The maximum Gasteiger partial charge on any atom is 0.167 e. The summed E-state index contributed by atoms with van der Waals surface area (Å²) in [6.45, 7) is 2.82. The summed E-state index contributed by atoms with van der Waals surface area (Å²) in [6.07, 6.45) is 4.12. The maximum absolute atomic E-state index is 10.3. The van der Waals surface area contributed by atoms with Crippen LogP contribution >= 0.6 is 0 Å². The van der Waals surface area contributed by atoms with Crippen LogP contribution in [0.3, 0.4) is 0 Å². The molecule has 2 aliphatic rings. The van der Waals surface area contributed by atoms with E-state index in [9.17, 15) is 5.11 Å². The van der Waals surface area contributed by atoms with Crippen LogP contribution in [0.2, 0.25) is 0 Å². The minimum absolute atomic E-state index is 0.0712. The van der Waals surface area contributed by atoms with Gasteiger partial charge in [-0.15, -0.1) is 0 Å². The number of aliphatic hydroxyl groups is 1. The van der Waals surface area contributed by atoms with E-state index < -0.39 is 6.10 Å². The molecule has 0 aliphatic carbocycles. The molecule has 6 nitrogen and oxygen atoms in total. The summed E-state index contributed by atoms with van der Waals surface area (Å²) < 4.78 is 11.7. The molecule has 0 amide bonds. The van der Waals surface area contributed by atoms with Gasteiger partial charge in [0.15, 0.2) is 5.76 Å². The van der Waals surface area contributed by atoms with Gasteiger partial charge in [-0.05, 0) is 38.8 Å². The molecule has 3 heterocycles. The van der Waals surface area contributed by atoms with E-state index in [2.05, 4.69) is 15.8 Å². The molecule has 3 N–H and O–H groups in total. The Kier molecular flexibility index (Phi) is 6.19. The zero-order valence-corrected chi connectivity index (χ0v) is 15.6. The number of aliphatic hydroxyl groups excluding tert-OH is 1. The van der Waals surface area contributed by atoms with Crippen molar-refractivity contribution in [2.45, 2.75) is 56.5 Å². The summed E-state index contributed by atoms with van der Waals surface area (Å²) >= 11 is 0. The zero-order chi connectivity index (χ0) is 18.5. The van der Waals surface area contributed by atoms with Gasteiger partial charge in [0, 0.05) is 30.6 Å². The molecule has 2 saturated heterocycles. The molecule has 4 rings (SSSR count). The van der Waals surface area contributed by atoms with Crippen molar-refractivity contribution in [3.05, 3.63) is 42.1 Å². The maximum atomic E-state index is 10.3. The molecule has 2 aliphatic heterocycles. The molecule has 1 aromatic heterocycles. The minimum atomic E-state index is -0.396. The van der Waals surface area contributed by atoms with Gasteiger partial charge in [0.1, 0.15) is 0 Å². The average Bonchev–Trinajstić information content (AvgIpc) is 3.18. The van der Waals surface area contributed by atoms with E-state index in [1.165, 1.54) is 0 Å². The molecule has 0 radical (unpaired) electrons. The smallest absolute Gasteiger partial charge is 0.167 e. The zero-order valence-electron chi connectivity index (χ0n) is 15.6. The minimum Gasteiger partial charge on any atom is -0.390 e. The number of hydrogen-bond donors (Lipinski definition) is 3. The number of aromatic nitrogens is 1. The molecule has 6 heteroatoms.